The van der Waals surface area contributed by atoms with Crippen LogP contribution in [0.5, 0.6) is 5.75 Å². The van der Waals surface area contributed by atoms with Crippen molar-refractivity contribution in [3.8, 4) is 5.75 Å². The van der Waals surface area contributed by atoms with E-state index < -0.39 is 0 Å². The van der Waals surface area contributed by atoms with Gasteiger partial charge in [0.05, 0.1) is 17.2 Å². The van der Waals surface area contributed by atoms with Gasteiger partial charge in [0.15, 0.2) is 5.75 Å². The molecular weight excluding hydrogens is 411 g/mol. The number of ether oxygens (including phenoxy) is 1. The Kier molecular flexibility index (Phi) is 8.07. The van der Waals surface area contributed by atoms with E-state index in [-0.39, 0.29) is 29.2 Å². The highest BCUT2D eigenvalue weighted by Crippen LogP contribution is 2.34. The van der Waals surface area contributed by atoms with Crippen LogP contribution >= 0.6 is 23.2 Å². The molecule has 0 spiro atoms. The van der Waals surface area contributed by atoms with E-state index in [2.05, 4.69) is 5.32 Å². The van der Waals surface area contributed by atoms with Crippen LogP contribution < -0.4 is 10.1 Å². The molecule has 1 aliphatic carbocycles. The smallest absolute Gasteiger partial charge is 0.256 e. The summed E-state index contributed by atoms with van der Waals surface area (Å²) in [5, 5.41) is 3.67. The molecule has 0 radical (unpaired) electrons. The number of likely N-dealkylation sites (tertiary alicyclic amines) is 1. The zero-order valence-electron chi connectivity index (χ0n) is 17.0. The molecule has 160 valence electrons. The van der Waals surface area contributed by atoms with Gasteiger partial charge in [-0.2, -0.15) is 0 Å². The van der Waals surface area contributed by atoms with Gasteiger partial charge in [0.2, 0.25) is 5.91 Å². The van der Waals surface area contributed by atoms with E-state index in [9.17, 15) is 9.59 Å². The fourth-order valence-electron chi connectivity index (χ4n) is 4.44. The highest BCUT2D eigenvalue weighted by Gasteiger charge is 2.27. The van der Waals surface area contributed by atoms with Gasteiger partial charge in [0.1, 0.15) is 5.56 Å². The van der Waals surface area contributed by atoms with Crippen LogP contribution in [0.4, 0.5) is 0 Å². The second-order valence-electron chi connectivity index (χ2n) is 8.11. The van der Waals surface area contributed by atoms with Gasteiger partial charge in [-0.3, -0.25) is 9.59 Å². The summed E-state index contributed by atoms with van der Waals surface area (Å²) in [5.74, 6) is 0.963. The fourth-order valence-corrected chi connectivity index (χ4v) is 4.91. The van der Waals surface area contributed by atoms with Gasteiger partial charge in [-0.05, 0) is 37.3 Å². The van der Waals surface area contributed by atoms with Gasteiger partial charge in [-0.15, -0.1) is 0 Å². The monoisotopic (exact) mass is 440 g/mol. The van der Waals surface area contributed by atoms with E-state index in [4.69, 9.17) is 27.9 Å². The van der Waals surface area contributed by atoms with Gasteiger partial charge >= 0.3 is 0 Å². The third-order valence-electron chi connectivity index (χ3n) is 6.16. The molecule has 2 amide bonds. The van der Waals surface area contributed by atoms with Crippen molar-refractivity contribution in [2.75, 3.05) is 20.2 Å². The molecule has 1 saturated heterocycles. The second-order valence-corrected chi connectivity index (χ2v) is 8.92. The van der Waals surface area contributed by atoms with Crippen LogP contribution in [0.15, 0.2) is 12.1 Å². The van der Waals surface area contributed by atoms with Crippen LogP contribution in [-0.2, 0) is 4.79 Å². The lowest BCUT2D eigenvalue weighted by Crippen LogP contribution is -2.46. The lowest BCUT2D eigenvalue weighted by molar-refractivity contribution is -0.132. The van der Waals surface area contributed by atoms with E-state index in [0.29, 0.717) is 29.6 Å². The van der Waals surface area contributed by atoms with Crippen molar-refractivity contribution in [3.05, 3.63) is 27.7 Å². The molecule has 0 atom stereocenters. The molecule has 0 bridgehead atoms. The number of amides is 2. The average Bonchev–Trinajstić information content (AvgIpc) is 2.74. The first kappa shape index (κ1) is 22.2. The van der Waals surface area contributed by atoms with Crippen molar-refractivity contribution in [3.63, 3.8) is 0 Å². The minimum absolute atomic E-state index is 0.00430. The molecule has 7 heteroatoms. The Balaban J connectivity index is 1.48. The molecule has 29 heavy (non-hydrogen) atoms. The van der Waals surface area contributed by atoms with Crippen LogP contribution in [0, 0.1) is 5.92 Å². The Morgan fingerprint density at radius 2 is 1.72 bits per heavy atom. The summed E-state index contributed by atoms with van der Waals surface area (Å²) in [4.78, 5) is 27.2. The Morgan fingerprint density at radius 1 is 1.07 bits per heavy atom. The Hall–Kier alpha value is -1.46. The number of hydrogen-bond donors (Lipinski definition) is 1. The van der Waals surface area contributed by atoms with Crippen molar-refractivity contribution in [2.45, 2.75) is 63.8 Å². The highest BCUT2D eigenvalue weighted by molar-refractivity contribution is 6.37. The maximum Gasteiger partial charge on any atom is 0.256 e. The number of carbonyl (C=O) groups is 2. The summed E-state index contributed by atoms with van der Waals surface area (Å²) in [7, 11) is 1.46. The van der Waals surface area contributed by atoms with E-state index in [1.165, 1.54) is 39.2 Å². The lowest BCUT2D eigenvalue weighted by Gasteiger charge is -2.33. The number of methoxy groups -OCH3 is 1. The van der Waals surface area contributed by atoms with Crippen LogP contribution in [-0.4, -0.2) is 43.0 Å². The Labute approximate surface area is 183 Å². The van der Waals surface area contributed by atoms with E-state index in [1.54, 1.807) is 12.1 Å². The maximum absolute atomic E-state index is 12.7. The molecule has 2 fully saturated rings. The predicted molar refractivity (Wildman–Crippen MR) is 116 cm³/mol. The van der Waals surface area contributed by atoms with E-state index >= 15 is 0 Å². The summed E-state index contributed by atoms with van der Waals surface area (Å²) >= 11 is 12.3. The molecule has 2 aliphatic rings. The SMILES string of the molecule is COc1c(Cl)ccc(Cl)c1C(=O)NC1CCN(C(=O)CCC2CCCCC2)CC1. The Morgan fingerprint density at radius 3 is 2.38 bits per heavy atom. The van der Waals surface area contributed by atoms with Crippen LogP contribution in [0.2, 0.25) is 10.0 Å². The molecule has 1 aromatic carbocycles. The third-order valence-corrected chi connectivity index (χ3v) is 6.78. The molecule has 5 nitrogen and oxygen atoms in total. The molecule has 0 unspecified atom stereocenters. The fraction of sp³-hybridized carbons (Fsp3) is 0.636. The van der Waals surface area contributed by atoms with Gasteiger partial charge < -0.3 is 15.0 Å². The second kappa shape index (κ2) is 10.5. The van der Waals surface area contributed by atoms with Gasteiger partial charge in [0.25, 0.3) is 5.91 Å². The zero-order valence-corrected chi connectivity index (χ0v) is 18.5. The average molecular weight is 441 g/mol. The molecule has 3 rings (SSSR count). The summed E-state index contributed by atoms with van der Waals surface area (Å²) in [6.45, 7) is 1.35. The zero-order chi connectivity index (χ0) is 20.8. The van der Waals surface area contributed by atoms with Gasteiger partial charge in [-0.25, -0.2) is 0 Å². The number of rotatable bonds is 6. The van der Waals surface area contributed by atoms with Crippen molar-refractivity contribution in [1.29, 1.82) is 0 Å². The number of nitrogens with zero attached hydrogens (tertiary/aromatic N) is 1. The summed E-state index contributed by atoms with van der Waals surface area (Å²) in [5.41, 5.74) is 0.257. The Bertz CT molecular complexity index is 727. The molecular formula is C22H30Cl2N2O3. The van der Waals surface area contributed by atoms with Crippen molar-refractivity contribution >= 4 is 35.0 Å². The van der Waals surface area contributed by atoms with Crippen molar-refractivity contribution in [2.24, 2.45) is 5.92 Å². The molecule has 0 aromatic heterocycles. The number of benzene rings is 1. The van der Waals surface area contributed by atoms with Crippen LogP contribution in [0.3, 0.4) is 0 Å². The lowest BCUT2D eigenvalue weighted by atomic mass is 9.86. The number of nitrogens with one attached hydrogen (secondary N) is 1. The highest BCUT2D eigenvalue weighted by atomic mass is 35.5. The third kappa shape index (κ3) is 5.79. The van der Waals surface area contributed by atoms with Crippen molar-refractivity contribution in [1.82, 2.24) is 10.2 Å². The largest absolute Gasteiger partial charge is 0.494 e. The van der Waals surface area contributed by atoms with E-state index in [0.717, 1.165) is 25.2 Å². The van der Waals surface area contributed by atoms with Gasteiger partial charge in [-0.1, -0.05) is 55.3 Å². The van der Waals surface area contributed by atoms with Crippen LogP contribution in [0.25, 0.3) is 0 Å². The normalized spacial score (nSPS) is 18.5. The molecule has 1 aromatic rings. The maximum atomic E-state index is 12.7. The molecule has 1 heterocycles. The standard InChI is InChI=1S/C22H30Cl2N2O3/c1-29-21-18(24)9-8-17(23)20(21)22(28)25-16-11-13-26(14-12-16)19(27)10-7-15-5-3-2-4-6-15/h8-9,15-16H,2-7,10-14H2,1H3,(H,25,28). The number of piperidine rings is 1. The topological polar surface area (TPSA) is 58.6 Å². The number of hydrogen-bond acceptors (Lipinski definition) is 3. The molecule has 1 aliphatic heterocycles. The quantitative estimate of drug-likeness (QED) is 0.670. The van der Waals surface area contributed by atoms with Gasteiger partial charge in [0, 0.05) is 25.6 Å². The number of halogens is 2. The summed E-state index contributed by atoms with van der Waals surface area (Å²) in [6.07, 6.45) is 9.66. The number of carbonyl (C=O) groups excluding carboxylic acids is 2. The molecule has 1 N–H and O–H groups in total. The summed E-state index contributed by atoms with van der Waals surface area (Å²) < 4.78 is 5.26. The van der Waals surface area contributed by atoms with Crippen LogP contribution in [0.1, 0.15) is 68.1 Å². The van der Waals surface area contributed by atoms with Crippen molar-refractivity contribution < 1.29 is 14.3 Å². The first-order chi connectivity index (χ1) is 14.0. The minimum Gasteiger partial charge on any atom is -0.494 e. The summed E-state index contributed by atoms with van der Waals surface area (Å²) in [6, 6.07) is 3.20. The predicted octanol–water partition coefficient (Wildman–Crippen LogP) is 5.08. The van der Waals surface area contributed by atoms with E-state index in [1.807, 2.05) is 4.90 Å². The first-order valence-electron chi connectivity index (χ1n) is 10.6. The minimum atomic E-state index is -0.295. The molecule has 1 saturated carbocycles. The first-order valence-corrected chi connectivity index (χ1v) is 11.4.